The molecule has 0 fully saturated rings. The lowest BCUT2D eigenvalue weighted by molar-refractivity contribution is 0.0991. The normalized spacial score (nSPS) is 17.6. The van der Waals surface area contributed by atoms with Crippen LogP contribution in [0.3, 0.4) is 0 Å². The third kappa shape index (κ3) is 1.53. The van der Waals surface area contributed by atoms with Gasteiger partial charge in [0.25, 0.3) is 0 Å². The van der Waals surface area contributed by atoms with E-state index < -0.39 is 0 Å². The summed E-state index contributed by atoms with van der Waals surface area (Å²) in [6, 6.07) is 18.5. The van der Waals surface area contributed by atoms with Crippen LogP contribution < -0.4 is 0 Å². The Bertz CT molecular complexity index is 820. The van der Waals surface area contributed by atoms with Crippen molar-refractivity contribution in [3.8, 4) is 0 Å². The van der Waals surface area contributed by atoms with Crippen molar-refractivity contribution in [3.05, 3.63) is 70.3 Å². The molecule has 2 heterocycles. The summed E-state index contributed by atoms with van der Waals surface area (Å²) in [4.78, 5) is 12.4. The fourth-order valence-electron chi connectivity index (χ4n) is 3.11. The number of carbonyl (C=O) groups excluding carboxylic acids is 1. The summed E-state index contributed by atoms with van der Waals surface area (Å²) in [5.41, 5.74) is 3.11. The highest BCUT2D eigenvalue weighted by atomic mass is 79.9. The van der Waals surface area contributed by atoms with Gasteiger partial charge >= 0.3 is 0 Å². The molecule has 0 N–H and O–H groups in total. The Morgan fingerprint density at radius 3 is 2.50 bits per heavy atom. The van der Waals surface area contributed by atoms with Crippen LogP contribution in [0.4, 0.5) is 0 Å². The van der Waals surface area contributed by atoms with E-state index in [1.54, 1.807) is 0 Å². The Morgan fingerprint density at radius 2 is 1.70 bits per heavy atom. The molecular weight excluding hydrogens is 314 g/mol. The minimum atomic E-state index is 0.106. The van der Waals surface area contributed by atoms with Gasteiger partial charge in [-0.2, -0.15) is 0 Å². The van der Waals surface area contributed by atoms with E-state index in [4.69, 9.17) is 0 Å². The second-order valence-electron chi connectivity index (χ2n) is 5.10. The summed E-state index contributed by atoms with van der Waals surface area (Å²) in [5, 5.41) is 1.11. The van der Waals surface area contributed by atoms with Crippen LogP contribution >= 0.6 is 15.9 Å². The minimum Gasteiger partial charge on any atom is -0.329 e. The van der Waals surface area contributed by atoms with Crippen LogP contribution in [0.2, 0.25) is 0 Å². The Kier molecular flexibility index (Phi) is 2.57. The fraction of sp³-hybridized carbons (Fsp3) is 0.118. The molecule has 3 aromatic rings. The van der Waals surface area contributed by atoms with Crippen LogP contribution in [0.1, 0.15) is 28.5 Å². The maximum atomic E-state index is 12.4. The molecule has 0 spiro atoms. The van der Waals surface area contributed by atoms with Gasteiger partial charge in [-0.05, 0) is 27.6 Å². The lowest BCUT2D eigenvalue weighted by Crippen LogP contribution is -2.05. The molecule has 0 amide bonds. The average Bonchev–Trinajstić information content (AvgIpc) is 2.98. The van der Waals surface area contributed by atoms with E-state index in [0.29, 0.717) is 6.42 Å². The first-order valence-corrected chi connectivity index (χ1v) is 7.43. The maximum absolute atomic E-state index is 12.4. The third-order valence-corrected chi connectivity index (χ3v) is 4.79. The van der Waals surface area contributed by atoms with Crippen LogP contribution in [0.15, 0.2) is 59.1 Å². The van der Waals surface area contributed by atoms with Crippen molar-refractivity contribution in [1.82, 2.24) is 4.57 Å². The predicted octanol–water partition coefficient (Wildman–Crippen LogP) is 4.58. The first-order chi connectivity index (χ1) is 9.77. The van der Waals surface area contributed by atoms with E-state index in [1.165, 1.54) is 5.56 Å². The highest BCUT2D eigenvalue weighted by Crippen LogP contribution is 2.42. The van der Waals surface area contributed by atoms with E-state index in [0.717, 1.165) is 21.1 Å². The smallest absolute Gasteiger partial charge is 0.182 e. The Balaban J connectivity index is 2.03. The van der Waals surface area contributed by atoms with Crippen LogP contribution in [-0.4, -0.2) is 10.4 Å². The highest BCUT2D eigenvalue weighted by Gasteiger charge is 2.34. The van der Waals surface area contributed by atoms with Crippen molar-refractivity contribution in [1.29, 1.82) is 0 Å². The van der Waals surface area contributed by atoms with E-state index in [9.17, 15) is 4.79 Å². The monoisotopic (exact) mass is 325 g/mol. The topological polar surface area (TPSA) is 22.0 Å². The van der Waals surface area contributed by atoms with Crippen molar-refractivity contribution in [2.75, 3.05) is 0 Å². The molecule has 1 atom stereocenters. The molecule has 3 heteroatoms. The Labute approximate surface area is 125 Å². The third-order valence-electron chi connectivity index (χ3n) is 3.99. The van der Waals surface area contributed by atoms with Gasteiger partial charge in [-0.3, -0.25) is 4.79 Å². The maximum Gasteiger partial charge on any atom is 0.182 e. The predicted molar refractivity (Wildman–Crippen MR) is 83.2 cm³/mol. The minimum absolute atomic E-state index is 0.106. The van der Waals surface area contributed by atoms with Gasteiger partial charge in [-0.1, -0.05) is 48.5 Å². The number of benzene rings is 2. The van der Waals surface area contributed by atoms with Crippen molar-refractivity contribution < 1.29 is 4.79 Å². The number of para-hydroxylation sites is 1. The second kappa shape index (κ2) is 4.32. The van der Waals surface area contributed by atoms with Gasteiger partial charge in [-0.15, -0.1) is 0 Å². The quantitative estimate of drug-likeness (QED) is 0.641. The van der Waals surface area contributed by atoms with Gasteiger partial charge in [0.05, 0.1) is 16.0 Å². The molecule has 98 valence electrons. The number of hydrogen-bond donors (Lipinski definition) is 0. The number of hydrogen-bond acceptors (Lipinski definition) is 1. The standard InChI is InChI=1S/C17H12BrNO/c18-16-12-8-4-5-9-13(12)19-14(10-15(20)17(16)19)11-6-2-1-3-7-11/h1-9,14H,10H2/t14-/m0/s1. The molecule has 2 aromatic carbocycles. The molecule has 0 aliphatic carbocycles. The van der Waals surface area contributed by atoms with E-state index in [2.05, 4.69) is 44.8 Å². The largest absolute Gasteiger partial charge is 0.329 e. The molecule has 1 aromatic heterocycles. The molecule has 0 bridgehead atoms. The van der Waals surface area contributed by atoms with Gasteiger partial charge in [0.1, 0.15) is 5.69 Å². The summed E-state index contributed by atoms with van der Waals surface area (Å²) >= 11 is 3.60. The van der Waals surface area contributed by atoms with Crippen LogP contribution in [0.25, 0.3) is 10.9 Å². The summed E-state index contributed by atoms with van der Waals surface area (Å²) in [6.45, 7) is 0. The molecular formula is C17H12BrNO. The highest BCUT2D eigenvalue weighted by molar-refractivity contribution is 9.10. The zero-order chi connectivity index (χ0) is 13.7. The van der Waals surface area contributed by atoms with Crippen LogP contribution in [0.5, 0.6) is 0 Å². The number of Topliss-reactive ketones (excluding diaryl/α,β-unsaturated/α-hetero) is 1. The zero-order valence-electron chi connectivity index (χ0n) is 10.7. The first-order valence-electron chi connectivity index (χ1n) is 6.64. The average molecular weight is 326 g/mol. The number of nitrogens with zero attached hydrogens (tertiary/aromatic N) is 1. The molecule has 0 unspecified atom stereocenters. The van der Waals surface area contributed by atoms with Gasteiger partial charge < -0.3 is 4.57 Å². The number of fused-ring (bicyclic) bond motifs is 3. The molecule has 0 saturated carbocycles. The van der Waals surface area contributed by atoms with Gasteiger partial charge in [0.2, 0.25) is 0 Å². The van der Waals surface area contributed by atoms with E-state index in [-0.39, 0.29) is 11.8 Å². The number of carbonyl (C=O) groups is 1. The van der Waals surface area contributed by atoms with Crippen molar-refractivity contribution in [3.63, 3.8) is 0 Å². The van der Waals surface area contributed by atoms with Gasteiger partial charge in [0.15, 0.2) is 5.78 Å². The molecule has 0 radical (unpaired) electrons. The molecule has 0 saturated heterocycles. The van der Waals surface area contributed by atoms with Crippen LogP contribution in [-0.2, 0) is 0 Å². The molecule has 4 rings (SSSR count). The van der Waals surface area contributed by atoms with Crippen molar-refractivity contribution in [2.45, 2.75) is 12.5 Å². The molecule has 2 nitrogen and oxygen atoms in total. The number of aromatic nitrogens is 1. The van der Waals surface area contributed by atoms with Crippen molar-refractivity contribution >= 4 is 32.6 Å². The molecule has 1 aliphatic heterocycles. The van der Waals surface area contributed by atoms with E-state index in [1.807, 2.05) is 30.3 Å². The zero-order valence-corrected chi connectivity index (χ0v) is 12.3. The Hall–Kier alpha value is -1.87. The number of ketones is 1. The lowest BCUT2D eigenvalue weighted by atomic mass is 10.0. The fourth-order valence-corrected chi connectivity index (χ4v) is 3.86. The van der Waals surface area contributed by atoms with Gasteiger partial charge in [0, 0.05) is 11.8 Å². The summed E-state index contributed by atoms with van der Waals surface area (Å²) < 4.78 is 3.11. The summed E-state index contributed by atoms with van der Waals surface area (Å²) in [7, 11) is 0. The first kappa shape index (κ1) is 11.9. The Morgan fingerprint density at radius 1 is 1.00 bits per heavy atom. The lowest BCUT2D eigenvalue weighted by Gasteiger charge is -2.14. The SMILES string of the molecule is O=C1C[C@@H](c2ccccc2)n2c1c(Br)c1ccccc12. The molecule has 1 aliphatic rings. The summed E-state index contributed by atoms with van der Waals surface area (Å²) in [6.07, 6.45) is 0.544. The second-order valence-corrected chi connectivity index (χ2v) is 5.90. The number of rotatable bonds is 1. The van der Waals surface area contributed by atoms with E-state index >= 15 is 0 Å². The van der Waals surface area contributed by atoms with Gasteiger partial charge in [-0.25, -0.2) is 0 Å². The number of halogens is 1. The van der Waals surface area contributed by atoms with Crippen molar-refractivity contribution in [2.24, 2.45) is 0 Å². The van der Waals surface area contributed by atoms with Crippen LogP contribution in [0, 0.1) is 0 Å². The summed E-state index contributed by atoms with van der Waals surface area (Å²) in [5.74, 6) is 0.210. The molecule has 20 heavy (non-hydrogen) atoms.